The zero-order valence-electron chi connectivity index (χ0n) is 14.8. The molecule has 1 unspecified atom stereocenters. The summed E-state index contributed by atoms with van der Waals surface area (Å²) in [6.07, 6.45) is 0. The van der Waals surface area contributed by atoms with Gasteiger partial charge >= 0.3 is 7.60 Å². The maximum absolute atomic E-state index is 12.7. The molecule has 0 aliphatic heterocycles. The Morgan fingerprint density at radius 2 is 1.52 bits per heavy atom. The van der Waals surface area contributed by atoms with Crippen LogP contribution in [-0.4, -0.2) is 12.3 Å². The standard InChI is InChI=1S/C17H29O3P/c1-12-10-13(2)15(16(3,4)5)14(11-12)19-21(9,18)20-17(6,7)8/h10-11H,1-9H3. The Morgan fingerprint density at radius 3 is 1.95 bits per heavy atom. The molecule has 0 saturated heterocycles. The van der Waals surface area contributed by atoms with Gasteiger partial charge in [0.1, 0.15) is 5.75 Å². The van der Waals surface area contributed by atoms with Crippen LogP contribution in [0, 0.1) is 13.8 Å². The summed E-state index contributed by atoms with van der Waals surface area (Å²) >= 11 is 0. The van der Waals surface area contributed by atoms with Gasteiger partial charge in [0.25, 0.3) is 0 Å². The van der Waals surface area contributed by atoms with Gasteiger partial charge < -0.3 is 4.52 Å². The molecule has 0 aromatic heterocycles. The minimum atomic E-state index is -3.17. The minimum Gasteiger partial charge on any atom is -0.424 e. The quantitative estimate of drug-likeness (QED) is 0.680. The van der Waals surface area contributed by atoms with Crippen molar-refractivity contribution in [1.82, 2.24) is 0 Å². The van der Waals surface area contributed by atoms with Crippen molar-refractivity contribution in [3.8, 4) is 5.75 Å². The normalized spacial score (nSPS) is 15.7. The van der Waals surface area contributed by atoms with E-state index in [1.54, 1.807) is 0 Å². The molecule has 0 N–H and O–H groups in total. The lowest BCUT2D eigenvalue weighted by atomic mass is 9.83. The van der Waals surface area contributed by atoms with Crippen molar-refractivity contribution in [2.24, 2.45) is 0 Å². The van der Waals surface area contributed by atoms with Crippen molar-refractivity contribution in [1.29, 1.82) is 0 Å². The van der Waals surface area contributed by atoms with Crippen LogP contribution in [0.3, 0.4) is 0 Å². The molecule has 0 heterocycles. The van der Waals surface area contributed by atoms with Crippen LogP contribution in [0.4, 0.5) is 0 Å². The molecule has 0 spiro atoms. The van der Waals surface area contributed by atoms with Crippen LogP contribution in [0.25, 0.3) is 0 Å². The third kappa shape index (κ3) is 5.48. The Balaban J connectivity index is 3.28. The van der Waals surface area contributed by atoms with E-state index in [1.165, 1.54) is 6.66 Å². The predicted octanol–water partition coefficient (Wildman–Crippen LogP) is 5.62. The van der Waals surface area contributed by atoms with Gasteiger partial charge in [-0.15, -0.1) is 0 Å². The monoisotopic (exact) mass is 312 g/mol. The lowest BCUT2D eigenvalue weighted by molar-refractivity contribution is 0.116. The first-order chi connectivity index (χ1) is 9.21. The highest BCUT2D eigenvalue weighted by Gasteiger charge is 2.30. The number of benzene rings is 1. The second kappa shape index (κ2) is 5.78. The molecular formula is C17H29O3P. The van der Waals surface area contributed by atoms with Crippen molar-refractivity contribution in [2.45, 2.75) is 66.4 Å². The molecule has 0 radical (unpaired) electrons. The van der Waals surface area contributed by atoms with Gasteiger partial charge in [0, 0.05) is 12.2 Å². The van der Waals surface area contributed by atoms with Crippen LogP contribution >= 0.6 is 7.60 Å². The highest BCUT2D eigenvalue weighted by molar-refractivity contribution is 7.53. The fraction of sp³-hybridized carbons (Fsp3) is 0.647. The molecule has 3 nitrogen and oxygen atoms in total. The van der Waals surface area contributed by atoms with Gasteiger partial charge in [0.05, 0.1) is 5.60 Å². The maximum atomic E-state index is 12.7. The van der Waals surface area contributed by atoms with E-state index in [4.69, 9.17) is 9.05 Å². The molecule has 1 atom stereocenters. The molecule has 0 bridgehead atoms. The molecular weight excluding hydrogens is 283 g/mol. The second-order valence-corrected chi connectivity index (χ2v) is 9.68. The second-order valence-electron chi connectivity index (χ2n) is 7.77. The summed E-state index contributed by atoms with van der Waals surface area (Å²) in [6, 6.07) is 4.06. The topological polar surface area (TPSA) is 35.5 Å². The van der Waals surface area contributed by atoms with Crippen LogP contribution < -0.4 is 4.52 Å². The van der Waals surface area contributed by atoms with E-state index in [-0.39, 0.29) is 5.41 Å². The van der Waals surface area contributed by atoms with E-state index in [1.807, 2.05) is 33.8 Å². The zero-order valence-corrected chi connectivity index (χ0v) is 15.7. The molecule has 0 aliphatic carbocycles. The summed E-state index contributed by atoms with van der Waals surface area (Å²) in [6.45, 7) is 17.6. The molecule has 4 heteroatoms. The Morgan fingerprint density at radius 1 is 1.00 bits per heavy atom. The highest BCUT2D eigenvalue weighted by atomic mass is 31.2. The van der Waals surface area contributed by atoms with Crippen LogP contribution in [-0.2, 0) is 14.5 Å². The molecule has 0 fully saturated rings. The van der Waals surface area contributed by atoms with Crippen molar-refractivity contribution >= 4 is 7.60 Å². The molecule has 0 saturated carbocycles. The summed E-state index contributed by atoms with van der Waals surface area (Å²) in [5.74, 6) is 0.662. The van der Waals surface area contributed by atoms with Crippen molar-refractivity contribution < 1.29 is 13.6 Å². The van der Waals surface area contributed by atoms with Gasteiger partial charge in [-0.25, -0.2) is 4.57 Å². The number of aryl methyl sites for hydroxylation is 2. The van der Waals surface area contributed by atoms with Gasteiger partial charge in [-0.3, -0.25) is 4.52 Å². The fourth-order valence-corrected chi connectivity index (χ4v) is 4.19. The average Bonchev–Trinajstić information content (AvgIpc) is 2.06. The number of hydrogen-bond acceptors (Lipinski definition) is 3. The molecule has 1 aromatic carbocycles. The maximum Gasteiger partial charge on any atom is 0.376 e. The zero-order chi connectivity index (χ0) is 16.6. The smallest absolute Gasteiger partial charge is 0.376 e. The summed E-state index contributed by atoms with van der Waals surface area (Å²) in [4.78, 5) is 0. The Labute approximate surface area is 129 Å². The summed E-state index contributed by atoms with van der Waals surface area (Å²) in [7, 11) is -3.17. The summed E-state index contributed by atoms with van der Waals surface area (Å²) < 4.78 is 24.1. The molecule has 0 amide bonds. The first kappa shape index (κ1) is 18.3. The van der Waals surface area contributed by atoms with E-state index in [2.05, 4.69) is 33.8 Å². The van der Waals surface area contributed by atoms with Gasteiger partial charge in [0.2, 0.25) is 0 Å². The third-order valence-electron chi connectivity index (χ3n) is 2.90. The SMILES string of the molecule is Cc1cc(C)c(C(C)(C)C)c(OP(C)(=O)OC(C)(C)C)c1. The first-order valence-electron chi connectivity index (χ1n) is 7.31. The van der Waals surface area contributed by atoms with Gasteiger partial charge in [-0.1, -0.05) is 26.8 Å². The average molecular weight is 312 g/mol. The molecule has 0 aliphatic rings. The lowest BCUT2D eigenvalue weighted by Crippen LogP contribution is -2.20. The van der Waals surface area contributed by atoms with E-state index in [0.29, 0.717) is 5.75 Å². The van der Waals surface area contributed by atoms with Crippen LogP contribution in [0.15, 0.2) is 12.1 Å². The van der Waals surface area contributed by atoms with E-state index < -0.39 is 13.2 Å². The number of hydrogen-bond donors (Lipinski definition) is 0. The van der Waals surface area contributed by atoms with Gasteiger partial charge in [-0.05, 0) is 57.2 Å². The van der Waals surface area contributed by atoms with Gasteiger partial charge in [0.15, 0.2) is 0 Å². The third-order valence-corrected chi connectivity index (χ3v) is 4.31. The first-order valence-corrected chi connectivity index (χ1v) is 9.30. The van der Waals surface area contributed by atoms with Crippen LogP contribution in [0.5, 0.6) is 5.75 Å². The van der Waals surface area contributed by atoms with Crippen molar-refractivity contribution in [2.75, 3.05) is 6.66 Å². The molecule has 120 valence electrons. The summed E-state index contributed by atoms with van der Waals surface area (Å²) in [5, 5.41) is 0. The van der Waals surface area contributed by atoms with Gasteiger partial charge in [-0.2, -0.15) is 0 Å². The fourth-order valence-electron chi connectivity index (χ4n) is 2.66. The Bertz CT molecular complexity index is 563. The Kier molecular flexibility index (Phi) is 5.02. The lowest BCUT2D eigenvalue weighted by Gasteiger charge is -2.29. The molecule has 1 aromatic rings. The van der Waals surface area contributed by atoms with E-state index >= 15 is 0 Å². The largest absolute Gasteiger partial charge is 0.424 e. The number of rotatable bonds is 3. The van der Waals surface area contributed by atoms with Crippen molar-refractivity contribution in [3.05, 3.63) is 28.8 Å². The molecule has 1 rings (SSSR count). The Hall–Kier alpha value is -0.790. The van der Waals surface area contributed by atoms with E-state index in [0.717, 1.165) is 16.7 Å². The summed E-state index contributed by atoms with van der Waals surface area (Å²) in [5.41, 5.74) is 2.71. The molecule has 21 heavy (non-hydrogen) atoms. The minimum absolute atomic E-state index is 0.0884. The van der Waals surface area contributed by atoms with E-state index in [9.17, 15) is 4.57 Å². The predicted molar refractivity (Wildman–Crippen MR) is 89.6 cm³/mol. The van der Waals surface area contributed by atoms with Crippen LogP contribution in [0.2, 0.25) is 0 Å². The van der Waals surface area contributed by atoms with Crippen molar-refractivity contribution in [3.63, 3.8) is 0 Å². The van der Waals surface area contributed by atoms with Crippen LogP contribution in [0.1, 0.15) is 58.2 Å². The highest BCUT2D eigenvalue weighted by Crippen LogP contribution is 2.50.